The Balaban J connectivity index is 2.36. The molecule has 3 N–H and O–H groups in total. The van der Waals surface area contributed by atoms with Gasteiger partial charge in [-0.05, 0) is 23.8 Å². The molecule has 1 aliphatic rings. The van der Waals surface area contributed by atoms with Gasteiger partial charge in [-0.2, -0.15) is 0 Å². The Hall–Kier alpha value is -1.53. The van der Waals surface area contributed by atoms with Crippen LogP contribution in [0.1, 0.15) is 5.56 Å². The minimum absolute atomic E-state index is 0.0576. The summed E-state index contributed by atoms with van der Waals surface area (Å²) in [7, 11) is 0. The number of hydrogen-bond donors (Lipinski definition) is 3. The molecule has 4 nitrogen and oxygen atoms in total. The minimum Gasteiger partial charge on any atom is -0.508 e. The van der Waals surface area contributed by atoms with Gasteiger partial charge in [0.25, 0.3) is 5.91 Å². The zero-order valence-corrected chi connectivity index (χ0v) is 9.56. The Morgan fingerprint density at radius 1 is 1.25 bits per heavy atom. The van der Waals surface area contributed by atoms with Gasteiger partial charge in [0.1, 0.15) is 15.8 Å². The summed E-state index contributed by atoms with van der Waals surface area (Å²) in [6, 6.07) is 4.11. The zero-order chi connectivity index (χ0) is 11.7. The Morgan fingerprint density at radius 3 is 2.38 bits per heavy atom. The minimum atomic E-state index is -0.266. The number of carbonyl (C=O) groups is 1. The van der Waals surface area contributed by atoms with E-state index >= 15 is 0 Å². The highest BCUT2D eigenvalue weighted by molar-refractivity contribution is 8.26. The predicted octanol–water partition coefficient (Wildman–Crippen LogP) is 1.59. The van der Waals surface area contributed by atoms with Crippen molar-refractivity contribution in [3.63, 3.8) is 0 Å². The molecule has 1 aromatic rings. The number of thioether (sulfide) groups is 1. The van der Waals surface area contributed by atoms with Crippen LogP contribution in [0.2, 0.25) is 0 Å². The number of benzene rings is 1. The monoisotopic (exact) mass is 253 g/mol. The number of phenols is 2. The molecule has 1 saturated heterocycles. The standard InChI is InChI=1S/C10H7NO3S2/c12-6-1-5(2-7(13)4-6)3-8-9(14)11-10(15)16-8/h1-4,12-13H,(H,11,14,15). The van der Waals surface area contributed by atoms with E-state index < -0.39 is 0 Å². The first-order valence-electron chi connectivity index (χ1n) is 4.32. The van der Waals surface area contributed by atoms with Crippen molar-refractivity contribution in [2.24, 2.45) is 0 Å². The second-order valence-electron chi connectivity index (χ2n) is 3.13. The predicted molar refractivity (Wildman–Crippen MR) is 66.1 cm³/mol. The van der Waals surface area contributed by atoms with Gasteiger partial charge in [-0.3, -0.25) is 4.79 Å². The molecule has 1 amide bonds. The number of phenolic OH excluding ortho intramolecular Hbond substituents is 2. The number of amides is 1. The van der Waals surface area contributed by atoms with Crippen molar-refractivity contribution in [3.05, 3.63) is 28.7 Å². The molecule has 0 saturated carbocycles. The van der Waals surface area contributed by atoms with Crippen molar-refractivity contribution < 1.29 is 15.0 Å². The van der Waals surface area contributed by atoms with Crippen LogP contribution in [-0.4, -0.2) is 20.4 Å². The smallest absolute Gasteiger partial charge is 0.263 e. The van der Waals surface area contributed by atoms with E-state index in [1.165, 1.54) is 18.2 Å². The fourth-order valence-corrected chi connectivity index (χ4v) is 2.32. The average Bonchev–Trinajstić information content (AvgIpc) is 2.43. The van der Waals surface area contributed by atoms with Crippen LogP contribution in [-0.2, 0) is 4.79 Å². The lowest BCUT2D eigenvalue weighted by Crippen LogP contribution is -2.17. The maximum absolute atomic E-state index is 11.3. The molecular weight excluding hydrogens is 246 g/mol. The summed E-state index contributed by atoms with van der Waals surface area (Å²) < 4.78 is 0.403. The molecule has 0 aliphatic carbocycles. The highest BCUT2D eigenvalue weighted by Gasteiger charge is 2.21. The fourth-order valence-electron chi connectivity index (χ4n) is 1.27. The number of nitrogens with one attached hydrogen (secondary N) is 1. The van der Waals surface area contributed by atoms with Crippen LogP contribution in [0.15, 0.2) is 23.1 Å². The van der Waals surface area contributed by atoms with Crippen molar-refractivity contribution in [1.82, 2.24) is 5.32 Å². The molecule has 1 fully saturated rings. The average molecular weight is 253 g/mol. The molecule has 0 radical (unpaired) electrons. The van der Waals surface area contributed by atoms with Crippen LogP contribution in [0.5, 0.6) is 11.5 Å². The summed E-state index contributed by atoms with van der Waals surface area (Å²) in [6.07, 6.45) is 1.55. The molecule has 6 heteroatoms. The molecule has 1 aliphatic heterocycles. The van der Waals surface area contributed by atoms with Crippen molar-refractivity contribution in [3.8, 4) is 11.5 Å². The summed E-state index contributed by atoms with van der Waals surface area (Å²) in [5.74, 6) is -0.381. The third-order valence-corrected chi connectivity index (χ3v) is 3.03. The molecule has 82 valence electrons. The molecule has 0 bridgehead atoms. The Labute approximate surface area is 101 Å². The summed E-state index contributed by atoms with van der Waals surface area (Å²) in [5.41, 5.74) is 0.542. The van der Waals surface area contributed by atoms with Crippen LogP contribution in [0.4, 0.5) is 0 Å². The second kappa shape index (κ2) is 4.15. The quantitative estimate of drug-likeness (QED) is 0.524. The van der Waals surface area contributed by atoms with Gasteiger partial charge in [-0.25, -0.2) is 0 Å². The molecule has 1 heterocycles. The molecule has 0 spiro atoms. The summed E-state index contributed by atoms with van der Waals surface area (Å²) in [5, 5.41) is 21.0. The first-order valence-corrected chi connectivity index (χ1v) is 5.55. The Bertz CT molecular complexity index is 491. The van der Waals surface area contributed by atoms with E-state index in [2.05, 4.69) is 5.32 Å². The van der Waals surface area contributed by atoms with Gasteiger partial charge >= 0.3 is 0 Å². The Kier molecular flexibility index (Phi) is 2.84. The third kappa shape index (κ3) is 2.34. The third-order valence-electron chi connectivity index (χ3n) is 1.86. The number of carbonyl (C=O) groups excluding carboxylic acids is 1. The number of thiocarbonyl (C=S) groups is 1. The van der Waals surface area contributed by atoms with Gasteiger partial charge in [0.05, 0.1) is 4.91 Å². The van der Waals surface area contributed by atoms with Crippen LogP contribution >= 0.6 is 24.0 Å². The van der Waals surface area contributed by atoms with Crippen LogP contribution in [0.3, 0.4) is 0 Å². The lowest BCUT2D eigenvalue weighted by molar-refractivity contribution is -0.115. The van der Waals surface area contributed by atoms with E-state index in [0.29, 0.717) is 14.8 Å². The normalized spacial score (nSPS) is 17.9. The van der Waals surface area contributed by atoms with E-state index in [1.807, 2.05) is 0 Å². The molecular formula is C10H7NO3S2. The van der Waals surface area contributed by atoms with E-state index in [4.69, 9.17) is 12.2 Å². The summed E-state index contributed by atoms with van der Waals surface area (Å²) in [6.45, 7) is 0. The molecule has 2 rings (SSSR count). The topological polar surface area (TPSA) is 69.6 Å². The van der Waals surface area contributed by atoms with Crippen molar-refractivity contribution >= 4 is 40.3 Å². The van der Waals surface area contributed by atoms with E-state index in [9.17, 15) is 15.0 Å². The van der Waals surface area contributed by atoms with E-state index in [-0.39, 0.29) is 17.4 Å². The van der Waals surface area contributed by atoms with Crippen molar-refractivity contribution in [2.75, 3.05) is 0 Å². The van der Waals surface area contributed by atoms with Gasteiger partial charge in [0.15, 0.2) is 0 Å². The highest BCUT2D eigenvalue weighted by atomic mass is 32.2. The lowest BCUT2D eigenvalue weighted by atomic mass is 10.2. The maximum atomic E-state index is 11.3. The van der Waals surface area contributed by atoms with Gasteiger partial charge in [-0.1, -0.05) is 24.0 Å². The largest absolute Gasteiger partial charge is 0.508 e. The number of rotatable bonds is 1. The molecule has 0 atom stereocenters. The molecule has 1 aromatic carbocycles. The number of aromatic hydroxyl groups is 2. The molecule has 16 heavy (non-hydrogen) atoms. The van der Waals surface area contributed by atoms with Gasteiger partial charge in [-0.15, -0.1) is 0 Å². The molecule has 0 aromatic heterocycles. The highest BCUT2D eigenvalue weighted by Crippen LogP contribution is 2.28. The summed E-state index contributed by atoms with van der Waals surface area (Å²) >= 11 is 5.98. The summed E-state index contributed by atoms with van der Waals surface area (Å²) in [4.78, 5) is 11.8. The maximum Gasteiger partial charge on any atom is 0.263 e. The van der Waals surface area contributed by atoms with Crippen LogP contribution < -0.4 is 5.32 Å². The van der Waals surface area contributed by atoms with Crippen LogP contribution in [0.25, 0.3) is 6.08 Å². The fraction of sp³-hybridized carbons (Fsp3) is 0. The Morgan fingerprint density at radius 2 is 1.88 bits per heavy atom. The van der Waals surface area contributed by atoms with Crippen molar-refractivity contribution in [1.29, 1.82) is 0 Å². The molecule has 0 unspecified atom stereocenters. The van der Waals surface area contributed by atoms with Crippen molar-refractivity contribution in [2.45, 2.75) is 0 Å². The first kappa shape index (κ1) is 11.0. The first-order chi connectivity index (χ1) is 7.54. The van der Waals surface area contributed by atoms with Gasteiger partial charge < -0.3 is 15.5 Å². The van der Waals surface area contributed by atoms with Crippen LogP contribution in [0, 0.1) is 0 Å². The SMILES string of the molecule is O=C1NC(=S)SC1=Cc1cc(O)cc(O)c1. The van der Waals surface area contributed by atoms with Gasteiger partial charge in [0, 0.05) is 6.07 Å². The van der Waals surface area contributed by atoms with E-state index in [0.717, 1.165) is 11.8 Å². The van der Waals surface area contributed by atoms with Gasteiger partial charge in [0.2, 0.25) is 0 Å². The lowest BCUT2D eigenvalue weighted by Gasteiger charge is -1.98. The number of hydrogen-bond acceptors (Lipinski definition) is 5. The van der Waals surface area contributed by atoms with E-state index in [1.54, 1.807) is 6.08 Å². The zero-order valence-electron chi connectivity index (χ0n) is 7.93. The second-order valence-corrected chi connectivity index (χ2v) is 4.85.